The number of amides is 1. The molecule has 1 aromatic rings. The summed E-state index contributed by atoms with van der Waals surface area (Å²) in [5.74, 6) is 0.177. The first-order valence-corrected chi connectivity index (χ1v) is 7.11. The Balaban J connectivity index is 2.91. The molecule has 0 fully saturated rings. The van der Waals surface area contributed by atoms with E-state index in [2.05, 4.69) is 0 Å². The van der Waals surface area contributed by atoms with Crippen molar-refractivity contribution in [2.75, 3.05) is 48.0 Å². The number of nitrogens with zero attached hydrogens (tertiary/aromatic N) is 3. The number of hydrogen-bond acceptors (Lipinski definition) is 6. The van der Waals surface area contributed by atoms with Gasteiger partial charge in [0.1, 0.15) is 0 Å². The molecule has 0 saturated carbocycles. The minimum absolute atomic E-state index is 0.0379. The molecule has 0 radical (unpaired) electrons. The molecule has 0 N–H and O–H groups in total. The first kappa shape index (κ1) is 18.9. The first-order chi connectivity index (χ1) is 10.9. The van der Waals surface area contributed by atoms with Crippen molar-refractivity contribution in [3.63, 3.8) is 0 Å². The summed E-state index contributed by atoms with van der Waals surface area (Å²) in [6, 6.07) is 4.79. The van der Waals surface area contributed by atoms with Crippen molar-refractivity contribution < 1.29 is 19.2 Å². The zero-order valence-corrected chi connectivity index (χ0v) is 13.9. The number of methoxy groups -OCH3 is 2. The summed E-state index contributed by atoms with van der Waals surface area (Å²) in [7, 11) is 6.36. The zero-order chi connectivity index (χ0) is 17.4. The van der Waals surface area contributed by atoms with Crippen LogP contribution in [-0.2, 0) is 16.1 Å². The highest BCUT2D eigenvalue weighted by Gasteiger charge is 2.18. The van der Waals surface area contributed by atoms with Crippen molar-refractivity contribution in [1.82, 2.24) is 9.80 Å². The molecule has 0 atom stereocenters. The Kier molecular flexibility index (Phi) is 7.43. The van der Waals surface area contributed by atoms with Gasteiger partial charge in [0.2, 0.25) is 5.91 Å². The zero-order valence-electron chi connectivity index (χ0n) is 13.9. The lowest BCUT2D eigenvalue weighted by Crippen LogP contribution is -2.37. The highest BCUT2D eigenvalue weighted by Crippen LogP contribution is 2.27. The molecular formula is C15H23N3O5. The Bertz CT molecular complexity index is 548. The van der Waals surface area contributed by atoms with Crippen molar-refractivity contribution in [3.05, 3.63) is 33.9 Å². The SMILES string of the molecule is COCCN(CC(=O)N(C)C)Cc1ccc(OC)c([N+](=O)[O-])c1. The Hall–Kier alpha value is -2.19. The summed E-state index contributed by atoms with van der Waals surface area (Å²) < 4.78 is 10.0. The van der Waals surface area contributed by atoms with Gasteiger partial charge >= 0.3 is 5.69 Å². The smallest absolute Gasteiger partial charge is 0.311 e. The molecule has 0 spiro atoms. The molecule has 0 aromatic heterocycles. The van der Waals surface area contributed by atoms with Crippen LogP contribution in [0.4, 0.5) is 5.69 Å². The van der Waals surface area contributed by atoms with Gasteiger partial charge in [0.05, 0.1) is 25.2 Å². The number of ether oxygens (including phenoxy) is 2. The van der Waals surface area contributed by atoms with Crippen molar-refractivity contribution >= 4 is 11.6 Å². The van der Waals surface area contributed by atoms with Crippen LogP contribution in [-0.4, -0.2) is 68.6 Å². The molecule has 0 heterocycles. The molecule has 0 unspecified atom stereocenters. The Morgan fingerprint density at radius 2 is 2.00 bits per heavy atom. The van der Waals surface area contributed by atoms with Crippen molar-refractivity contribution in [3.8, 4) is 5.75 Å². The van der Waals surface area contributed by atoms with Gasteiger partial charge in [-0.05, 0) is 11.6 Å². The van der Waals surface area contributed by atoms with Crippen LogP contribution in [0, 0.1) is 10.1 Å². The van der Waals surface area contributed by atoms with E-state index >= 15 is 0 Å². The van der Waals surface area contributed by atoms with Gasteiger partial charge in [-0.15, -0.1) is 0 Å². The fourth-order valence-electron chi connectivity index (χ4n) is 2.00. The fourth-order valence-corrected chi connectivity index (χ4v) is 2.00. The second-order valence-electron chi connectivity index (χ2n) is 5.25. The first-order valence-electron chi connectivity index (χ1n) is 7.11. The average Bonchev–Trinajstić information content (AvgIpc) is 2.52. The normalized spacial score (nSPS) is 10.7. The minimum atomic E-state index is -0.479. The quantitative estimate of drug-likeness (QED) is 0.500. The van der Waals surface area contributed by atoms with Gasteiger partial charge in [0.25, 0.3) is 0 Å². The second kappa shape index (κ2) is 9.06. The average molecular weight is 325 g/mol. The topological polar surface area (TPSA) is 85.2 Å². The molecule has 1 rings (SSSR count). The van der Waals surface area contributed by atoms with Crippen LogP contribution in [0.2, 0.25) is 0 Å². The number of carbonyl (C=O) groups excluding carboxylic acids is 1. The molecule has 0 saturated heterocycles. The van der Waals surface area contributed by atoms with Gasteiger partial charge in [-0.25, -0.2) is 0 Å². The summed E-state index contributed by atoms with van der Waals surface area (Å²) >= 11 is 0. The standard InChI is InChI=1S/C15H23N3O5/c1-16(2)15(19)11-17(7-8-22-3)10-12-5-6-14(23-4)13(9-12)18(20)21/h5-6,9H,7-8,10-11H2,1-4H3. The lowest BCUT2D eigenvalue weighted by atomic mass is 10.1. The van der Waals surface area contributed by atoms with E-state index in [0.717, 1.165) is 5.56 Å². The van der Waals surface area contributed by atoms with E-state index in [1.807, 2.05) is 4.90 Å². The van der Waals surface area contributed by atoms with E-state index in [4.69, 9.17) is 9.47 Å². The third kappa shape index (κ3) is 5.84. The van der Waals surface area contributed by atoms with Crippen molar-refractivity contribution in [2.24, 2.45) is 0 Å². The van der Waals surface area contributed by atoms with E-state index in [0.29, 0.717) is 19.7 Å². The van der Waals surface area contributed by atoms with Crippen molar-refractivity contribution in [2.45, 2.75) is 6.54 Å². The maximum Gasteiger partial charge on any atom is 0.311 e. The second-order valence-corrected chi connectivity index (χ2v) is 5.25. The van der Waals surface area contributed by atoms with Crippen LogP contribution in [0.5, 0.6) is 5.75 Å². The molecule has 1 amide bonds. The van der Waals surface area contributed by atoms with Crippen LogP contribution in [0.3, 0.4) is 0 Å². The lowest BCUT2D eigenvalue weighted by Gasteiger charge is -2.23. The summed E-state index contributed by atoms with van der Waals surface area (Å²) in [6.45, 7) is 1.65. The van der Waals surface area contributed by atoms with Gasteiger partial charge in [0, 0.05) is 40.4 Å². The Labute approximate surface area is 135 Å². The third-order valence-electron chi connectivity index (χ3n) is 3.32. The predicted octanol–water partition coefficient (Wildman–Crippen LogP) is 1.14. The number of hydrogen-bond donors (Lipinski definition) is 0. The Morgan fingerprint density at radius 1 is 1.30 bits per heavy atom. The maximum absolute atomic E-state index is 11.9. The summed E-state index contributed by atoms with van der Waals surface area (Å²) in [5.41, 5.74) is 0.649. The molecule has 0 aliphatic rings. The minimum Gasteiger partial charge on any atom is -0.490 e. The van der Waals surface area contributed by atoms with Crippen molar-refractivity contribution in [1.29, 1.82) is 0 Å². The number of rotatable bonds is 9. The predicted molar refractivity (Wildman–Crippen MR) is 85.5 cm³/mol. The molecule has 8 heteroatoms. The van der Waals surface area contributed by atoms with Crippen LogP contribution in [0.1, 0.15) is 5.56 Å². The van der Waals surface area contributed by atoms with E-state index in [1.165, 1.54) is 18.1 Å². The molecule has 0 aliphatic carbocycles. The van der Waals surface area contributed by atoms with Crippen LogP contribution < -0.4 is 4.74 Å². The Morgan fingerprint density at radius 3 is 2.52 bits per heavy atom. The monoisotopic (exact) mass is 325 g/mol. The highest BCUT2D eigenvalue weighted by molar-refractivity contribution is 5.77. The number of carbonyl (C=O) groups is 1. The van der Waals surface area contributed by atoms with Crippen LogP contribution >= 0.6 is 0 Å². The number of likely N-dealkylation sites (N-methyl/N-ethyl adjacent to an activating group) is 1. The molecule has 0 bridgehead atoms. The van der Waals surface area contributed by atoms with Gasteiger partial charge in [-0.3, -0.25) is 19.8 Å². The van der Waals surface area contributed by atoms with Gasteiger partial charge < -0.3 is 14.4 Å². The van der Waals surface area contributed by atoms with E-state index in [9.17, 15) is 14.9 Å². The fraction of sp³-hybridized carbons (Fsp3) is 0.533. The number of benzene rings is 1. The molecule has 23 heavy (non-hydrogen) atoms. The van der Waals surface area contributed by atoms with E-state index in [1.54, 1.807) is 33.3 Å². The summed E-state index contributed by atoms with van der Waals surface area (Å²) in [5, 5.41) is 11.1. The van der Waals surface area contributed by atoms with Gasteiger partial charge in [-0.2, -0.15) is 0 Å². The number of nitro groups is 1. The lowest BCUT2D eigenvalue weighted by molar-refractivity contribution is -0.385. The van der Waals surface area contributed by atoms with E-state index in [-0.39, 0.29) is 23.9 Å². The van der Waals surface area contributed by atoms with Gasteiger partial charge in [-0.1, -0.05) is 6.07 Å². The maximum atomic E-state index is 11.9. The van der Waals surface area contributed by atoms with Crippen LogP contribution in [0.25, 0.3) is 0 Å². The molecule has 128 valence electrons. The van der Waals surface area contributed by atoms with Gasteiger partial charge in [0.15, 0.2) is 5.75 Å². The third-order valence-corrected chi connectivity index (χ3v) is 3.32. The summed E-state index contributed by atoms with van der Waals surface area (Å²) in [6.07, 6.45) is 0. The summed E-state index contributed by atoms with van der Waals surface area (Å²) in [4.78, 5) is 25.9. The highest BCUT2D eigenvalue weighted by atomic mass is 16.6. The molecule has 0 aliphatic heterocycles. The molecule has 1 aromatic carbocycles. The largest absolute Gasteiger partial charge is 0.490 e. The number of nitro benzene ring substituents is 1. The van der Waals surface area contributed by atoms with E-state index < -0.39 is 4.92 Å². The van der Waals surface area contributed by atoms with Crippen LogP contribution in [0.15, 0.2) is 18.2 Å². The molecular weight excluding hydrogens is 302 g/mol. The molecule has 8 nitrogen and oxygen atoms in total.